The molecular formula is C15H21BrN2O3. The standard InChI is InChI=1S/C15H21BrN2O3/c1-3-4-11(14(17)19)15(20)18-8-7-10-5-6-12(16)13(9-10)21-2/h5-6,9,11H,3-4,7-8H2,1-2H3,(H2,17,19)(H,18,20). The van der Waals surface area contributed by atoms with Crippen molar-refractivity contribution in [3.63, 3.8) is 0 Å². The van der Waals surface area contributed by atoms with Crippen LogP contribution in [0.3, 0.4) is 0 Å². The first-order valence-corrected chi connectivity index (χ1v) is 7.68. The third-order valence-corrected chi connectivity index (χ3v) is 3.82. The summed E-state index contributed by atoms with van der Waals surface area (Å²) in [5.41, 5.74) is 6.28. The fourth-order valence-corrected chi connectivity index (χ4v) is 2.41. The molecule has 0 radical (unpaired) electrons. The van der Waals surface area contributed by atoms with Crippen LogP contribution in [0.4, 0.5) is 0 Å². The molecule has 3 N–H and O–H groups in total. The van der Waals surface area contributed by atoms with Crippen LogP contribution in [0.1, 0.15) is 25.3 Å². The first-order valence-electron chi connectivity index (χ1n) is 6.89. The number of carbonyl (C=O) groups excluding carboxylic acids is 2. The van der Waals surface area contributed by atoms with E-state index in [-0.39, 0.29) is 5.91 Å². The summed E-state index contributed by atoms with van der Waals surface area (Å²) in [6.07, 6.45) is 1.88. The molecule has 1 aromatic rings. The number of rotatable bonds is 8. The summed E-state index contributed by atoms with van der Waals surface area (Å²) < 4.78 is 6.10. The van der Waals surface area contributed by atoms with E-state index >= 15 is 0 Å². The van der Waals surface area contributed by atoms with Gasteiger partial charge in [-0.05, 0) is 46.5 Å². The molecule has 2 amide bonds. The van der Waals surface area contributed by atoms with E-state index in [1.807, 2.05) is 25.1 Å². The number of ether oxygens (including phenoxy) is 1. The zero-order valence-corrected chi connectivity index (χ0v) is 13.9. The number of hydrogen-bond acceptors (Lipinski definition) is 3. The van der Waals surface area contributed by atoms with Gasteiger partial charge in [-0.3, -0.25) is 9.59 Å². The van der Waals surface area contributed by atoms with Crippen molar-refractivity contribution < 1.29 is 14.3 Å². The predicted octanol–water partition coefficient (Wildman–Crippen LogP) is 2.02. The number of benzene rings is 1. The van der Waals surface area contributed by atoms with Gasteiger partial charge in [0.25, 0.3) is 0 Å². The van der Waals surface area contributed by atoms with E-state index in [1.165, 1.54) is 0 Å². The fraction of sp³-hybridized carbons (Fsp3) is 0.467. The molecule has 0 heterocycles. The van der Waals surface area contributed by atoms with Gasteiger partial charge in [0, 0.05) is 6.54 Å². The number of nitrogens with two attached hydrogens (primary N) is 1. The molecule has 0 aromatic heterocycles. The number of carbonyl (C=O) groups is 2. The Morgan fingerprint density at radius 1 is 1.43 bits per heavy atom. The molecule has 0 aliphatic heterocycles. The minimum absolute atomic E-state index is 0.298. The van der Waals surface area contributed by atoms with Crippen LogP contribution in [0.5, 0.6) is 5.75 Å². The summed E-state index contributed by atoms with van der Waals surface area (Å²) in [5, 5.41) is 2.76. The summed E-state index contributed by atoms with van der Waals surface area (Å²) >= 11 is 3.39. The van der Waals surface area contributed by atoms with Gasteiger partial charge >= 0.3 is 0 Å². The molecule has 0 saturated heterocycles. The van der Waals surface area contributed by atoms with Crippen LogP contribution in [0, 0.1) is 5.92 Å². The van der Waals surface area contributed by atoms with Crippen LogP contribution in [0.2, 0.25) is 0 Å². The van der Waals surface area contributed by atoms with Crippen molar-refractivity contribution in [2.24, 2.45) is 11.7 Å². The Bertz CT molecular complexity index is 506. The second-order valence-corrected chi connectivity index (χ2v) is 5.61. The van der Waals surface area contributed by atoms with Crippen molar-refractivity contribution in [3.05, 3.63) is 28.2 Å². The van der Waals surface area contributed by atoms with Crippen molar-refractivity contribution in [1.82, 2.24) is 5.32 Å². The highest BCUT2D eigenvalue weighted by Gasteiger charge is 2.22. The van der Waals surface area contributed by atoms with Crippen LogP contribution < -0.4 is 15.8 Å². The molecule has 0 aliphatic carbocycles. The van der Waals surface area contributed by atoms with Crippen molar-refractivity contribution >= 4 is 27.7 Å². The third kappa shape index (κ3) is 5.38. The first-order chi connectivity index (χ1) is 9.99. The Morgan fingerprint density at radius 2 is 2.14 bits per heavy atom. The summed E-state index contributed by atoms with van der Waals surface area (Å²) in [6, 6.07) is 5.77. The summed E-state index contributed by atoms with van der Waals surface area (Å²) in [6.45, 7) is 2.37. The summed E-state index contributed by atoms with van der Waals surface area (Å²) in [7, 11) is 1.61. The molecule has 116 valence electrons. The van der Waals surface area contributed by atoms with Crippen molar-refractivity contribution in [2.45, 2.75) is 26.2 Å². The predicted molar refractivity (Wildman–Crippen MR) is 85.0 cm³/mol. The van der Waals surface area contributed by atoms with E-state index in [4.69, 9.17) is 10.5 Å². The minimum atomic E-state index is -0.741. The number of halogens is 1. The molecule has 6 heteroatoms. The highest BCUT2D eigenvalue weighted by molar-refractivity contribution is 9.10. The first kappa shape index (κ1) is 17.5. The lowest BCUT2D eigenvalue weighted by molar-refractivity contribution is -0.133. The zero-order chi connectivity index (χ0) is 15.8. The molecule has 5 nitrogen and oxygen atoms in total. The highest BCUT2D eigenvalue weighted by atomic mass is 79.9. The molecule has 1 aromatic carbocycles. The Hall–Kier alpha value is -1.56. The number of methoxy groups -OCH3 is 1. The average molecular weight is 357 g/mol. The Morgan fingerprint density at radius 3 is 2.71 bits per heavy atom. The Balaban J connectivity index is 2.52. The molecule has 0 spiro atoms. The average Bonchev–Trinajstić information content (AvgIpc) is 2.45. The molecule has 1 rings (SSSR count). The van der Waals surface area contributed by atoms with Gasteiger partial charge < -0.3 is 15.8 Å². The molecule has 0 bridgehead atoms. The van der Waals surface area contributed by atoms with Gasteiger partial charge in [0.15, 0.2) is 0 Å². The Kier molecular flexibility index (Phi) is 7.22. The van der Waals surface area contributed by atoms with Crippen molar-refractivity contribution in [2.75, 3.05) is 13.7 Å². The maximum atomic E-state index is 11.9. The molecule has 1 unspecified atom stereocenters. The van der Waals surface area contributed by atoms with Crippen LogP contribution in [0.25, 0.3) is 0 Å². The number of nitrogens with one attached hydrogen (secondary N) is 1. The highest BCUT2D eigenvalue weighted by Crippen LogP contribution is 2.25. The van der Waals surface area contributed by atoms with Crippen molar-refractivity contribution in [1.29, 1.82) is 0 Å². The minimum Gasteiger partial charge on any atom is -0.496 e. The quantitative estimate of drug-likeness (QED) is 0.699. The molecular weight excluding hydrogens is 336 g/mol. The molecule has 0 saturated carbocycles. The fourth-order valence-electron chi connectivity index (χ4n) is 2.00. The lowest BCUT2D eigenvalue weighted by Gasteiger charge is -2.13. The van der Waals surface area contributed by atoms with Gasteiger partial charge in [0.1, 0.15) is 11.7 Å². The largest absolute Gasteiger partial charge is 0.496 e. The molecule has 0 fully saturated rings. The van der Waals surface area contributed by atoms with Crippen molar-refractivity contribution in [3.8, 4) is 5.75 Å². The molecule has 1 atom stereocenters. The smallest absolute Gasteiger partial charge is 0.232 e. The van der Waals surface area contributed by atoms with E-state index in [9.17, 15) is 9.59 Å². The summed E-state index contributed by atoms with van der Waals surface area (Å²) in [4.78, 5) is 23.1. The van der Waals surface area contributed by atoms with Gasteiger partial charge in [-0.25, -0.2) is 0 Å². The van der Waals surface area contributed by atoms with Gasteiger partial charge in [-0.1, -0.05) is 19.4 Å². The SMILES string of the molecule is CCCC(C(N)=O)C(=O)NCCc1ccc(Br)c(OC)c1. The monoisotopic (exact) mass is 356 g/mol. The number of amides is 2. The van der Waals surface area contributed by atoms with Crippen LogP contribution >= 0.6 is 15.9 Å². The van der Waals surface area contributed by atoms with E-state index in [2.05, 4.69) is 21.2 Å². The topological polar surface area (TPSA) is 81.4 Å². The van der Waals surface area contributed by atoms with E-state index in [0.29, 0.717) is 19.4 Å². The second-order valence-electron chi connectivity index (χ2n) is 4.75. The second kappa shape index (κ2) is 8.67. The van der Waals surface area contributed by atoms with Gasteiger partial charge in [0.05, 0.1) is 11.6 Å². The maximum Gasteiger partial charge on any atom is 0.232 e. The van der Waals surface area contributed by atoms with Crippen LogP contribution in [-0.2, 0) is 16.0 Å². The third-order valence-electron chi connectivity index (χ3n) is 3.17. The van der Waals surface area contributed by atoms with Crippen LogP contribution in [-0.4, -0.2) is 25.5 Å². The number of primary amides is 1. The van der Waals surface area contributed by atoms with Crippen LogP contribution in [0.15, 0.2) is 22.7 Å². The van der Waals surface area contributed by atoms with E-state index in [0.717, 1.165) is 22.2 Å². The van der Waals surface area contributed by atoms with Gasteiger partial charge in [-0.15, -0.1) is 0 Å². The van der Waals surface area contributed by atoms with Gasteiger partial charge in [-0.2, -0.15) is 0 Å². The lowest BCUT2D eigenvalue weighted by atomic mass is 10.0. The summed E-state index contributed by atoms with van der Waals surface area (Å²) in [5.74, 6) is -0.859. The molecule has 0 aliphatic rings. The molecule has 21 heavy (non-hydrogen) atoms. The zero-order valence-electron chi connectivity index (χ0n) is 12.3. The number of hydrogen-bond donors (Lipinski definition) is 2. The van der Waals surface area contributed by atoms with E-state index < -0.39 is 11.8 Å². The van der Waals surface area contributed by atoms with E-state index in [1.54, 1.807) is 7.11 Å². The van der Waals surface area contributed by atoms with Gasteiger partial charge in [0.2, 0.25) is 11.8 Å². The lowest BCUT2D eigenvalue weighted by Crippen LogP contribution is -2.39. The Labute approximate surface area is 133 Å². The normalized spacial score (nSPS) is 11.8. The maximum absolute atomic E-state index is 11.9.